The van der Waals surface area contributed by atoms with E-state index in [0.29, 0.717) is 31.1 Å². The molecule has 1 atom stereocenters. The van der Waals surface area contributed by atoms with E-state index in [2.05, 4.69) is 32.4 Å². The van der Waals surface area contributed by atoms with Gasteiger partial charge in [0, 0.05) is 31.2 Å². The molecular formula is C24H25N5O2S. The molecular weight excluding hydrogens is 422 g/mol. The maximum Gasteiger partial charge on any atom is 0.162 e. The Hall–Kier alpha value is -3.41. The summed E-state index contributed by atoms with van der Waals surface area (Å²) in [6, 6.07) is 14.0. The predicted octanol–water partition coefficient (Wildman–Crippen LogP) is 4.39. The first-order valence-electron chi connectivity index (χ1n) is 10.3. The quantitative estimate of drug-likeness (QED) is 0.574. The summed E-state index contributed by atoms with van der Waals surface area (Å²) >= 11 is 1.59. The first kappa shape index (κ1) is 21.8. The van der Waals surface area contributed by atoms with Crippen molar-refractivity contribution in [3.63, 3.8) is 0 Å². The highest BCUT2D eigenvalue weighted by Gasteiger charge is 2.26. The molecule has 0 radical (unpaired) electrons. The van der Waals surface area contributed by atoms with Crippen molar-refractivity contribution >= 4 is 33.9 Å². The molecule has 0 amide bonds. The van der Waals surface area contributed by atoms with E-state index in [1.54, 1.807) is 31.3 Å². The highest BCUT2D eigenvalue weighted by molar-refractivity contribution is 8.17. The second-order valence-corrected chi connectivity index (χ2v) is 8.13. The summed E-state index contributed by atoms with van der Waals surface area (Å²) in [5.41, 5.74) is 3.13. The van der Waals surface area contributed by atoms with Crippen LogP contribution in [0.2, 0.25) is 0 Å². The van der Waals surface area contributed by atoms with Crippen LogP contribution < -0.4 is 10.1 Å². The Morgan fingerprint density at radius 2 is 2.22 bits per heavy atom. The molecule has 3 heterocycles. The van der Waals surface area contributed by atoms with Gasteiger partial charge in [-0.2, -0.15) is 5.26 Å². The van der Waals surface area contributed by atoms with Crippen LogP contribution in [0.15, 0.2) is 58.7 Å². The Morgan fingerprint density at radius 1 is 1.31 bits per heavy atom. The number of fused-ring (bicyclic) bond motifs is 1. The first-order chi connectivity index (χ1) is 15.7. The molecule has 0 saturated carbocycles. The number of thioether (sulfide) groups is 1. The lowest BCUT2D eigenvalue weighted by Crippen LogP contribution is -2.30. The number of nitrogens with zero attached hydrogens (tertiary/aromatic N) is 4. The third-order valence-corrected chi connectivity index (χ3v) is 5.94. The Morgan fingerprint density at radius 3 is 2.97 bits per heavy atom. The molecule has 1 N–H and O–H groups in total. The Kier molecular flexibility index (Phi) is 7.00. The molecule has 3 aromatic rings. The first-order valence-corrected chi connectivity index (χ1v) is 11.1. The number of amidine groups is 1. The maximum atomic E-state index is 9.43. The molecule has 1 saturated heterocycles. The van der Waals surface area contributed by atoms with Crippen molar-refractivity contribution in [2.75, 3.05) is 20.3 Å². The molecule has 1 unspecified atom stereocenters. The number of benzene rings is 1. The maximum absolute atomic E-state index is 9.43. The Bertz CT molecular complexity index is 1210. The van der Waals surface area contributed by atoms with Crippen LogP contribution >= 0.6 is 11.8 Å². The van der Waals surface area contributed by atoms with E-state index >= 15 is 0 Å². The third kappa shape index (κ3) is 4.90. The summed E-state index contributed by atoms with van der Waals surface area (Å²) in [4.78, 5) is 14.5. The van der Waals surface area contributed by atoms with Gasteiger partial charge in [0.25, 0.3) is 0 Å². The average molecular weight is 448 g/mol. The van der Waals surface area contributed by atoms with Gasteiger partial charge < -0.3 is 14.8 Å². The fourth-order valence-corrected chi connectivity index (χ4v) is 4.41. The number of aliphatic imine (C=N–C) groups is 1. The van der Waals surface area contributed by atoms with Gasteiger partial charge in [-0.1, -0.05) is 23.9 Å². The number of pyridine rings is 2. The SMILES string of the molecule is CCOc1c(C#N)cnc2ccc(/C=C3\SC(=NCc4ccccn4)NC3COC)cc12.[HH]. The number of nitriles is 1. The minimum Gasteiger partial charge on any atom is -0.492 e. The molecule has 164 valence electrons. The standard InChI is InChI=1S/C24H23N5O2S.H2/c1-3-31-23-17(12-25)13-27-20-8-7-16(10-19(20)23)11-22-21(15-30-2)29-24(32-22)28-14-18-6-4-5-9-26-18;/h4-11,13,21H,3,14-15H2,1-2H3,(H,28,29);1H/b22-11-;. The topological polar surface area (TPSA) is 92.4 Å². The molecule has 0 bridgehead atoms. The smallest absolute Gasteiger partial charge is 0.162 e. The fourth-order valence-electron chi connectivity index (χ4n) is 3.39. The van der Waals surface area contributed by atoms with E-state index in [4.69, 9.17) is 9.47 Å². The van der Waals surface area contributed by atoms with Crippen LogP contribution in [0.25, 0.3) is 17.0 Å². The van der Waals surface area contributed by atoms with Crippen LogP contribution in [0.3, 0.4) is 0 Å². The van der Waals surface area contributed by atoms with Gasteiger partial charge in [0.05, 0.1) is 37.0 Å². The number of nitrogens with one attached hydrogen (secondary N) is 1. The van der Waals surface area contributed by atoms with Crippen LogP contribution in [0.4, 0.5) is 0 Å². The molecule has 1 aliphatic rings. The average Bonchev–Trinajstić information content (AvgIpc) is 3.20. The van der Waals surface area contributed by atoms with Gasteiger partial charge in [0.15, 0.2) is 5.17 Å². The van der Waals surface area contributed by atoms with Gasteiger partial charge in [-0.15, -0.1) is 0 Å². The van der Waals surface area contributed by atoms with Crippen molar-refractivity contribution in [1.29, 1.82) is 5.26 Å². The molecule has 32 heavy (non-hydrogen) atoms. The Balaban J connectivity index is 0.00000306. The van der Waals surface area contributed by atoms with Gasteiger partial charge in [0.2, 0.25) is 0 Å². The van der Waals surface area contributed by atoms with Crippen LogP contribution in [0.5, 0.6) is 5.75 Å². The van der Waals surface area contributed by atoms with Crippen molar-refractivity contribution in [2.24, 2.45) is 4.99 Å². The molecule has 8 heteroatoms. The molecule has 2 aromatic heterocycles. The molecule has 1 aromatic carbocycles. The minimum atomic E-state index is 0. The lowest BCUT2D eigenvalue weighted by atomic mass is 10.1. The fraction of sp³-hybridized carbons (Fsp3) is 0.250. The van der Waals surface area contributed by atoms with E-state index in [0.717, 1.165) is 32.2 Å². The normalized spacial score (nSPS) is 18.1. The number of aromatic nitrogens is 2. The Labute approximate surface area is 192 Å². The van der Waals surface area contributed by atoms with Crippen molar-refractivity contribution in [2.45, 2.75) is 19.5 Å². The van der Waals surface area contributed by atoms with Gasteiger partial charge in [0.1, 0.15) is 17.4 Å². The number of hydrogen-bond donors (Lipinski definition) is 1. The second-order valence-electron chi connectivity index (χ2n) is 7.07. The summed E-state index contributed by atoms with van der Waals surface area (Å²) in [7, 11) is 1.69. The van der Waals surface area contributed by atoms with Gasteiger partial charge in [-0.25, -0.2) is 0 Å². The number of hydrogen-bond acceptors (Lipinski definition) is 7. The van der Waals surface area contributed by atoms with Crippen molar-refractivity contribution < 1.29 is 10.9 Å². The monoisotopic (exact) mass is 447 g/mol. The van der Waals surface area contributed by atoms with Crippen molar-refractivity contribution in [3.8, 4) is 11.8 Å². The molecule has 7 nitrogen and oxygen atoms in total. The van der Waals surface area contributed by atoms with Gasteiger partial charge >= 0.3 is 0 Å². The largest absolute Gasteiger partial charge is 0.492 e. The van der Waals surface area contributed by atoms with Crippen molar-refractivity contribution in [3.05, 3.63) is 70.5 Å². The summed E-state index contributed by atoms with van der Waals surface area (Å²) in [5, 5.41) is 14.5. The zero-order chi connectivity index (χ0) is 22.3. The van der Waals surface area contributed by atoms with Gasteiger partial charge in [-0.3, -0.25) is 15.0 Å². The lowest BCUT2D eigenvalue weighted by molar-refractivity contribution is 0.187. The highest BCUT2D eigenvalue weighted by Crippen LogP contribution is 2.33. The molecule has 1 aliphatic heterocycles. The predicted molar refractivity (Wildman–Crippen MR) is 129 cm³/mol. The van der Waals surface area contributed by atoms with E-state index in [-0.39, 0.29) is 7.47 Å². The number of ether oxygens (including phenoxy) is 2. The summed E-state index contributed by atoms with van der Waals surface area (Å²) in [5.74, 6) is 0.573. The third-order valence-electron chi connectivity index (χ3n) is 4.86. The molecule has 1 fully saturated rings. The van der Waals surface area contributed by atoms with Crippen LogP contribution in [0.1, 0.15) is 25.2 Å². The number of methoxy groups -OCH3 is 1. The molecule has 0 spiro atoms. The zero-order valence-corrected chi connectivity index (χ0v) is 18.7. The van der Waals surface area contributed by atoms with E-state index in [1.807, 2.05) is 43.3 Å². The highest BCUT2D eigenvalue weighted by atomic mass is 32.2. The number of rotatable bonds is 7. The van der Waals surface area contributed by atoms with Crippen LogP contribution in [-0.4, -0.2) is 41.5 Å². The molecule has 4 rings (SSSR count). The minimum absolute atomic E-state index is 0. The van der Waals surface area contributed by atoms with E-state index in [9.17, 15) is 5.26 Å². The lowest BCUT2D eigenvalue weighted by Gasteiger charge is -2.11. The summed E-state index contributed by atoms with van der Waals surface area (Å²) < 4.78 is 11.2. The van der Waals surface area contributed by atoms with E-state index < -0.39 is 0 Å². The van der Waals surface area contributed by atoms with E-state index in [1.165, 1.54) is 0 Å². The second kappa shape index (κ2) is 10.3. The van der Waals surface area contributed by atoms with Crippen LogP contribution in [-0.2, 0) is 11.3 Å². The van der Waals surface area contributed by atoms with Crippen LogP contribution in [0, 0.1) is 11.3 Å². The zero-order valence-electron chi connectivity index (χ0n) is 17.9. The summed E-state index contributed by atoms with van der Waals surface area (Å²) in [6.45, 7) is 3.42. The van der Waals surface area contributed by atoms with Crippen molar-refractivity contribution in [1.82, 2.24) is 15.3 Å². The van der Waals surface area contributed by atoms with Gasteiger partial charge in [-0.05, 0) is 42.8 Å². The summed E-state index contributed by atoms with van der Waals surface area (Å²) in [6.07, 6.45) is 5.44. The molecule has 0 aliphatic carbocycles.